The quantitative estimate of drug-likeness (QED) is 0.425. The maximum Gasteiger partial charge on any atom is 0.233 e. The minimum atomic E-state index is 0.0503. The summed E-state index contributed by atoms with van der Waals surface area (Å²) in [4.78, 5) is 20.8. The predicted octanol–water partition coefficient (Wildman–Crippen LogP) is 6.54. The van der Waals surface area contributed by atoms with E-state index in [1.807, 2.05) is 69.3 Å². The van der Waals surface area contributed by atoms with Gasteiger partial charge in [-0.2, -0.15) is 0 Å². The van der Waals surface area contributed by atoms with E-state index in [2.05, 4.69) is 6.92 Å². The van der Waals surface area contributed by atoms with Crippen molar-refractivity contribution in [3.05, 3.63) is 59.0 Å². The Hall–Kier alpha value is -2.66. The Morgan fingerprint density at radius 1 is 1.07 bits per heavy atom. The van der Waals surface area contributed by atoms with Crippen LogP contribution in [0.15, 0.2) is 48.5 Å². The second kappa shape index (κ2) is 9.70. The average molecular weight is 409 g/mol. The fourth-order valence-electron chi connectivity index (χ4n) is 3.25. The molecule has 0 unspecified atom stereocenters. The van der Waals surface area contributed by atoms with E-state index >= 15 is 0 Å². The summed E-state index contributed by atoms with van der Waals surface area (Å²) in [5.74, 6) is 0.904. The Bertz CT molecular complexity index is 963. The third kappa shape index (κ3) is 4.67. The van der Waals surface area contributed by atoms with Gasteiger partial charge in [-0.15, -0.1) is 11.3 Å². The van der Waals surface area contributed by atoms with Crippen LogP contribution in [0, 0.1) is 6.92 Å². The molecule has 29 heavy (non-hydrogen) atoms. The fraction of sp³-hybridized carbons (Fsp3) is 0.333. The first-order chi connectivity index (χ1) is 14.1. The summed E-state index contributed by atoms with van der Waals surface area (Å²) in [6.45, 7) is 8.70. The number of hydrogen-bond donors (Lipinski definition) is 0. The van der Waals surface area contributed by atoms with Crippen molar-refractivity contribution >= 4 is 28.1 Å². The summed E-state index contributed by atoms with van der Waals surface area (Å²) >= 11 is 1.61. The minimum Gasteiger partial charge on any atom is -0.494 e. The third-order valence-corrected chi connectivity index (χ3v) is 5.80. The number of nitrogens with zero attached hydrogens (tertiary/aromatic N) is 2. The Morgan fingerprint density at radius 3 is 2.41 bits per heavy atom. The molecule has 0 aliphatic rings. The molecular weight excluding hydrogens is 380 g/mol. The van der Waals surface area contributed by atoms with Crippen molar-refractivity contribution in [1.29, 1.82) is 0 Å². The standard InChI is InChI=1S/C24H28N2O2S/c1-5-10-21-23(18-13-15-19(16-14-18)28-7-3)25-24(29-21)26(22(27)6-2)20-12-9-8-11-17(20)4/h8-9,11-16H,5-7,10H2,1-4H3. The summed E-state index contributed by atoms with van der Waals surface area (Å²) in [5.41, 5.74) is 3.96. The van der Waals surface area contributed by atoms with Gasteiger partial charge in [-0.25, -0.2) is 4.98 Å². The summed E-state index contributed by atoms with van der Waals surface area (Å²) < 4.78 is 5.56. The van der Waals surface area contributed by atoms with E-state index in [0.717, 1.165) is 46.2 Å². The van der Waals surface area contributed by atoms with Gasteiger partial charge < -0.3 is 4.74 Å². The molecule has 152 valence electrons. The van der Waals surface area contributed by atoms with Gasteiger partial charge in [0.25, 0.3) is 0 Å². The van der Waals surface area contributed by atoms with E-state index in [1.165, 1.54) is 4.88 Å². The highest BCUT2D eigenvalue weighted by atomic mass is 32.1. The number of aryl methyl sites for hydroxylation is 2. The van der Waals surface area contributed by atoms with Crippen molar-refractivity contribution in [2.45, 2.75) is 47.0 Å². The molecule has 4 nitrogen and oxygen atoms in total. The Morgan fingerprint density at radius 2 is 1.79 bits per heavy atom. The van der Waals surface area contributed by atoms with Crippen LogP contribution in [-0.2, 0) is 11.2 Å². The van der Waals surface area contributed by atoms with Crippen molar-refractivity contribution in [1.82, 2.24) is 4.98 Å². The lowest BCUT2D eigenvalue weighted by atomic mass is 10.1. The number of para-hydroxylation sites is 1. The van der Waals surface area contributed by atoms with Gasteiger partial charge >= 0.3 is 0 Å². The van der Waals surface area contributed by atoms with E-state index in [-0.39, 0.29) is 5.91 Å². The number of aromatic nitrogens is 1. The second-order valence-electron chi connectivity index (χ2n) is 6.84. The van der Waals surface area contributed by atoms with Gasteiger partial charge in [0, 0.05) is 16.9 Å². The molecule has 0 N–H and O–H groups in total. The van der Waals surface area contributed by atoms with Gasteiger partial charge in [-0.3, -0.25) is 9.69 Å². The molecule has 3 rings (SSSR count). The molecule has 0 spiro atoms. The largest absolute Gasteiger partial charge is 0.494 e. The first-order valence-corrected chi connectivity index (χ1v) is 11.0. The third-order valence-electron chi connectivity index (χ3n) is 4.70. The van der Waals surface area contributed by atoms with Gasteiger partial charge in [0.15, 0.2) is 5.13 Å². The molecule has 0 bridgehead atoms. The predicted molar refractivity (Wildman–Crippen MR) is 121 cm³/mol. The van der Waals surface area contributed by atoms with Crippen molar-refractivity contribution in [3.63, 3.8) is 0 Å². The van der Waals surface area contributed by atoms with Crippen LogP contribution in [0.1, 0.15) is 44.1 Å². The second-order valence-corrected chi connectivity index (χ2v) is 7.91. The molecule has 3 aromatic rings. The lowest BCUT2D eigenvalue weighted by Gasteiger charge is -2.21. The highest BCUT2D eigenvalue weighted by molar-refractivity contribution is 7.16. The molecule has 1 heterocycles. The number of hydrogen-bond acceptors (Lipinski definition) is 4. The molecule has 1 amide bonds. The van der Waals surface area contributed by atoms with Crippen LogP contribution in [0.25, 0.3) is 11.3 Å². The van der Waals surface area contributed by atoms with Crippen LogP contribution >= 0.6 is 11.3 Å². The molecule has 1 aromatic heterocycles. The SMILES string of the molecule is CCCc1sc(N(C(=O)CC)c2ccccc2C)nc1-c1ccc(OCC)cc1. The molecule has 0 saturated heterocycles. The molecule has 5 heteroatoms. The smallest absolute Gasteiger partial charge is 0.233 e. The van der Waals surface area contributed by atoms with Crippen molar-refractivity contribution in [3.8, 4) is 17.0 Å². The lowest BCUT2D eigenvalue weighted by molar-refractivity contribution is -0.117. The number of amides is 1. The first kappa shape index (κ1) is 21.1. The van der Waals surface area contributed by atoms with Crippen LogP contribution in [0.2, 0.25) is 0 Å². The Labute approximate surface area is 177 Å². The molecule has 0 aliphatic heterocycles. The monoisotopic (exact) mass is 408 g/mol. The van der Waals surface area contributed by atoms with Crippen LogP contribution in [-0.4, -0.2) is 17.5 Å². The number of anilines is 2. The van der Waals surface area contributed by atoms with E-state index in [1.54, 1.807) is 16.2 Å². The van der Waals surface area contributed by atoms with E-state index < -0.39 is 0 Å². The maximum atomic E-state index is 12.9. The number of thiazole rings is 1. The van der Waals surface area contributed by atoms with Crippen LogP contribution in [0.5, 0.6) is 5.75 Å². The zero-order valence-electron chi connectivity index (χ0n) is 17.6. The summed E-state index contributed by atoms with van der Waals surface area (Å²) in [5, 5.41) is 0.735. The minimum absolute atomic E-state index is 0.0503. The highest BCUT2D eigenvalue weighted by Crippen LogP contribution is 2.38. The van der Waals surface area contributed by atoms with Crippen LogP contribution in [0.4, 0.5) is 10.8 Å². The fourth-order valence-corrected chi connectivity index (χ4v) is 4.46. The van der Waals surface area contributed by atoms with E-state index in [0.29, 0.717) is 13.0 Å². The molecule has 0 fully saturated rings. The number of rotatable bonds is 8. The van der Waals surface area contributed by atoms with Gasteiger partial charge in [0.2, 0.25) is 5.91 Å². The summed E-state index contributed by atoms with van der Waals surface area (Å²) in [7, 11) is 0. The van der Waals surface area contributed by atoms with Gasteiger partial charge in [-0.05, 0) is 56.2 Å². The van der Waals surface area contributed by atoms with Gasteiger partial charge in [0.05, 0.1) is 18.0 Å². The zero-order chi connectivity index (χ0) is 20.8. The van der Waals surface area contributed by atoms with Crippen molar-refractivity contribution < 1.29 is 9.53 Å². The highest BCUT2D eigenvalue weighted by Gasteiger charge is 2.24. The lowest BCUT2D eigenvalue weighted by Crippen LogP contribution is -2.25. The summed E-state index contributed by atoms with van der Waals surface area (Å²) in [6.07, 6.45) is 2.38. The average Bonchev–Trinajstić information content (AvgIpc) is 3.14. The van der Waals surface area contributed by atoms with E-state index in [9.17, 15) is 4.79 Å². The number of benzene rings is 2. The Kier molecular flexibility index (Phi) is 7.04. The topological polar surface area (TPSA) is 42.4 Å². The Balaban J connectivity index is 2.07. The molecule has 0 saturated carbocycles. The number of ether oxygens (including phenoxy) is 1. The number of carbonyl (C=O) groups excluding carboxylic acids is 1. The van der Waals surface area contributed by atoms with Crippen molar-refractivity contribution in [2.75, 3.05) is 11.5 Å². The van der Waals surface area contributed by atoms with Gasteiger partial charge in [0.1, 0.15) is 5.75 Å². The molecule has 2 aromatic carbocycles. The first-order valence-electron chi connectivity index (χ1n) is 10.2. The normalized spacial score (nSPS) is 10.8. The van der Waals surface area contributed by atoms with Gasteiger partial charge in [-0.1, -0.05) is 38.5 Å². The van der Waals surface area contributed by atoms with Crippen LogP contribution < -0.4 is 9.64 Å². The number of carbonyl (C=O) groups is 1. The van der Waals surface area contributed by atoms with Crippen molar-refractivity contribution in [2.24, 2.45) is 0 Å². The zero-order valence-corrected chi connectivity index (χ0v) is 18.4. The molecule has 0 atom stereocenters. The molecular formula is C24H28N2O2S. The molecule has 0 aliphatic carbocycles. The summed E-state index contributed by atoms with van der Waals surface area (Å²) in [6, 6.07) is 16.0. The molecule has 0 radical (unpaired) electrons. The van der Waals surface area contributed by atoms with E-state index in [4.69, 9.17) is 9.72 Å². The maximum absolute atomic E-state index is 12.9. The van der Waals surface area contributed by atoms with Crippen LogP contribution in [0.3, 0.4) is 0 Å².